The molecule has 0 aliphatic carbocycles. The zero-order chi connectivity index (χ0) is 15.9. The molecule has 0 aliphatic rings. The number of amidine groups is 1. The minimum absolute atomic E-state index is 0.136. The Kier molecular flexibility index (Phi) is 5.55. The summed E-state index contributed by atoms with van der Waals surface area (Å²) in [7, 11) is 0. The molecule has 0 aromatic heterocycles. The summed E-state index contributed by atoms with van der Waals surface area (Å²) in [6, 6.07) is 14.5. The second-order valence-corrected chi connectivity index (χ2v) is 5.46. The number of halogens is 1. The maximum absolute atomic E-state index is 11.6. The summed E-state index contributed by atoms with van der Waals surface area (Å²) in [5.74, 6) is 0.0746. The summed E-state index contributed by atoms with van der Waals surface area (Å²) in [5.41, 5.74) is 7.54. The number of hydrogen-bond donors (Lipinski definition) is 1. The molecule has 0 radical (unpaired) electrons. The first kappa shape index (κ1) is 16.0. The average molecular weight is 363 g/mol. The van der Waals surface area contributed by atoms with Gasteiger partial charge >= 0.3 is 5.97 Å². The van der Waals surface area contributed by atoms with Gasteiger partial charge in [0, 0.05) is 10.0 Å². The SMILES string of the molecule is Cc1ccc(C(N)=NOC(=O)COc2ccc(Br)cc2)cc1. The van der Waals surface area contributed by atoms with Crippen LogP contribution in [0.25, 0.3) is 0 Å². The van der Waals surface area contributed by atoms with Gasteiger partial charge < -0.3 is 15.3 Å². The molecule has 0 saturated heterocycles. The predicted molar refractivity (Wildman–Crippen MR) is 87.6 cm³/mol. The molecule has 2 aromatic carbocycles. The molecule has 0 unspecified atom stereocenters. The van der Waals surface area contributed by atoms with Crippen LogP contribution in [0, 0.1) is 6.92 Å². The molecular formula is C16H15BrN2O3. The highest BCUT2D eigenvalue weighted by Crippen LogP contribution is 2.15. The van der Waals surface area contributed by atoms with E-state index < -0.39 is 5.97 Å². The number of oxime groups is 1. The van der Waals surface area contributed by atoms with Crippen LogP contribution in [0.3, 0.4) is 0 Å². The van der Waals surface area contributed by atoms with E-state index in [4.69, 9.17) is 15.3 Å². The first-order valence-corrected chi connectivity index (χ1v) is 7.32. The van der Waals surface area contributed by atoms with Crippen LogP contribution in [-0.2, 0) is 9.63 Å². The number of benzene rings is 2. The minimum atomic E-state index is -0.627. The van der Waals surface area contributed by atoms with Crippen molar-refractivity contribution in [3.05, 3.63) is 64.1 Å². The van der Waals surface area contributed by atoms with Crippen LogP contribution in [0.1, 0.15) is 11.1 Å². The fraction of sp³-hybridized carbons (Fsp3) is 0.125. The molecule has 6 heteroatoms. The zero-order valence-electron chi connectivity index (χ0n) is 12.0. The molecular weight excluding hydrogens is 348 g/mol. The quantitative estimate of drug-likeness (QED) is 0.384. The van der Waals surface area contributed by atoms with Gasteiger partial charge in [-0.1, -0.05) is 50.9 Å². The lowest BCUT2D eigenvalue weighted by molar-refractivity contribution is -0.146. The smallest absolute Gasteiger partial charge is 0.372 e. The molecule has 2 N–H and O–H groups in total. The summed E-state index contributed by atoms with van der Waals surface area (Å²) in [6.45, 7) is 1.73. The molecule has 0 spiro atoms. The number of aryl methyl sites for hydroxylation is 1. The summed E-state index contributed by atoms with van der Waals surface area (Å²) < 4.78 is 6.20. The Bertz CT molecular complexity index is 667. The van der Waals surface area contributed by atoms with Gasteiger partial charge in [0.25, 0.3) is 0 Å². The summed E-state index contributed by atoms with van der Waals surface area (Å²) >= 11 is 3.31. The third-order valence-electron chi connectivity index (χ3n) is 2.76. The Morgan fingerprint density at radius 3 is 2.41 bits per heavy atom. The van der Waals surface area contributed by atoms with Gasteiger partial charge in [-0.3, -0.25) is 0 Å². The van der Waals surface area contributed by atoms with Crippen molar-refractivity contribution >= 4 is 27.7 Å². The van der Waals surface area contributed by atoms with E-state index in [0.29, 0.717) is 11.3 Å². The highest BCUT2D eigenvalue weighted by molar-refractivity contribution is 9.10. The van der Waals surface area contributed by atoms with Crippen LogP contribution in [0.2, 0.25) is 0 Å². The van der Waals surface area contributed by atoms with Gasteiger partial charge in [0.1, 0.15) is 5.75 Å². The van der Waals surface area contributed by atoms with Gasteiger partial charge in [-0.2, -0.15) is 0 Å². The molecule has 114 valence electrons. The second-order valence-electron chi connectivity index (χ2n) is 4.55. The minimum Gasteiger partial charge on any atom is -0.482 e. The molecule has 5 nitrogen and oxygen atoms in total. The summed E-state index contributed by atoms with van der Waals surface area (Å²) in [5, 5.41) is 3.61. The first-order chi connectivity index (χ1) is 10.5. The van der Waals surface area contributed by atoms with Crippen molar-refractivity contribution < 1.29 is 14.4 Å². The van der Waals surface area contributed by atoms with Crippen molar-refractivity contribution in [3.63, 3.8) is 0 Å². The van der Waals surface area contributed by atoms with Crippen LogP contribution < -0.4 is 10.5 Å². The third kappa shape index (κ3) is 4.89. The van der Waals surface area contributed by atoms with E-state index in [-0.39, 0.29) is 12.4 Å². The molecule has 0 fully saturated rings. The molecule has 0 heterocycles. The van der Waals surface area contributed by atoms with Crippen molar-refractivity contribution in [1.29, 1.82) is 0 Å². The van der Waals surface area contributed by atoms with Crippen molar-refractivity contribution in [2.45, 2.75) is 6.92 Å². The van der Waals surface area contributed by atoms with Crippen molar-refractivity contribution in [3.8, 4) is 5.75 Å². The summed E-state index contributed by atoms with van der Waals surface area (Å²) in [6.07, 6.45) is 0. The van der Waals surface area contributed by atoms with Gasteiger partial charge in [-0.15, -0.1) is 0 Å². The van der Waals surface area contributed by atoms with Crippen LogP contribution in [0.4, 0.5) is 0 Å². The fourth-order valence-electron chi connectivity index (χ4n) is 1.58. The normalized spacial score (nSPS) is 11.1. The van der Waals surface area contributed by atoms with Crippen LogP contribution in [-0.4, -0.2) is 18.4 Å². The van der Waals surface area contributed by atoms with E-state index in [9.17, 15) is 4.79 Å². The number of nitrogens with zero attached hydrogens (tertiary/aromatic N) is 1. The lowest BCUT2D eigenvalue weighted by Crippen LogP contribution is -2.17. The molecule has 22 heavy (non-hydrogen) atoms. The number of hydrogen-bond acceptors (Lipinski definition) is 4. The van der Waals surface area contributed by atoms with Gasteiger partial charge in [-0.05, 0) is 31.2 Å². The summed E-state index contributed by atoms with van der Waals surface area (Å²) in [4.78, 5) is 16.3. The van der Waals surface area contributed by atoms with Crippen molar-refractivity contribution in [2.75, 3.05) is 6.61 Å². The predicted octanol–water partition coefficient (Wildman–Crippen LogP) is 3.00. The first-order valence-electron chi connectivity index (χ1n) is 6.53. The van der Waals surface area contributed by atoms with E-state index in [1.54, 1.807) is 24.3 Å². The van der Waals surface area contributed by atoms with E-state index in [2.05, 4.69) is 21.1 Å². The molecule has 0 atom stereocenters. The monoisotopic (exact) mass is 362 g/mol. The number of rotatable bonds is 5. The Morgan fingerprint density at radius 2 is 1.77 bits per heavy atom. The Hall–Kier alpha value is -2.34. The van der Waals surface area contributed by atoms with E-state index in [1.165, 1.54) is 0 Å². The second kappa shape index (κ2) is 7.61. The fourth-order valence-corrected chi connectivity index (χ4v) is 1.84. The molecule has 0 amide bonds. The Labute approximate surface area is 136 Å². The highest BCUT2D eigenvalue weighted by atomic mass is 79.9. The van der Waals surface area contributed by atoms with Crippen LogP contribution >= 0.6 is 15.9 Å². The van der Waals surface area contributed by atoms with Gasteiger partial charge in [0.15, 0.2) is 12.4 Å². The van der Waals surface area contributed by atoms with Crippen molar-refractivity contribution in [1.82, 2.24) is 0 Å². The third-order valence-corrected chi connectivity index (χ3v) is 3.29. The maximum atomic E-state index is 11.6. The topological polar surface area (TPSA) is 73.9 Å². The molecule has 0 bridgehead atoms. The molecule has 2 aromatic rings. The molecule has 2 rings (SSSR count). The van der Waals surface area contributed by atoms with Gasteiger partial charge in [0.2, 0.25) is 0 Å². The van der Waals surface area contributed by atoms with Gasteiger partial charge in [0.05, 0.1) is 0 Å². The largest absolute Gasteiger partial charge is 0.482 e. The lowest BCUT2D eigenvalue weighted by Gasteiger charge is -2.04. The van der Waals surface area contributed by atoms with E-state index >= 15 is 0 Å². The van der Waals surface area contributed by atoms with E-state index in [0.717, 1.165) is 10.0 Å². The Balaban J connectivity index is 1.85. The van der Waals surface area contributed by atoms with Crippen molar-refractivity contribution in [2.24, 2.45) is 10.9 Å². The molecule has 0 aliphatic heterocycles. The number of carbonyl (C=O) groups excluding carboxylic acids is 1. The standard InChI is InChI=1S/C16H15BrN2O3/c1-11-2-4-12(5-3-11)16(18)19-22-15(20)10-21-14-8-6-13(17)7-9-14/h2-9H,10H2,1H3,(H2,18,19). The Morgan fingerprint density at radius 1 is 1.14 bits per heavy atom. The van der Waals surface area contributed by atoms with Crippen LogP contribution in [0.5, 0.6) is 5.75 Å². The number of ether oxygens (including phenoxy) is 1. The molecule has 0 saturated carbocycles. The number of carbonyl (C=O) groups is 1. The lowest BCUT2D eigenvalue weighted by atomic mass is 10.1. The zero-order valence-corrected chi connectivity index (χ0v) is 13.5. The highest BCUT2D eigenvalue weighted by Gasteiger charge is 2.06. The average Bonchev–Trinajstić information content (AvgIpc) is 2.52. The maximum Gasteiger partial charge on any atom is 0.372 e. The van der Waals surface area contributed by atoms with E-state index in [1.807, 2.05) is 31.2 Å². The number of nitrogens with two attached hydrogens (primary N) is 1. The van der Waals surface area contributed by atoms with Crippen LogP contribution in [0.15, 0.2) is 58.2 Å². The van der Waals surface area contributed by atoms with Gasteiger partial charge in [-0.25, -0.2) is 4.79 Å².